The van der Waals surface area contributed by atoms with Crippen molar-refractivity contribution in [3.8, 4) is 17.2 Å². The number of halogens is 1. The van der Waals surface area contributed by atoms with E-state index in [4.69, 9.17) is 14.2 Å². The topological polar surface area (TPSA) is 64.1 Å². The number of para-hydroxylation sites is 1. The lowest BCUT2D eigenvalue weighted by molar-refractivity contribution is 0.390. The number of guanidine groups is 1. The number of hydrogen-bond acceptors (Lipinski definition) is 5. The van der Waals surface area contributed by atoms with Gasteiger partial charge in [0.25, 0.3) is 0 Å². The molecule has 2 rings (SSSR count). The maximum absolute atomic E-state index is 5.45. The molecule has 2 aromatic rings. The Balaban J connectivity index is 0.00000450. The van der Waals surface area contributed by atoms with Gasteiger partial charge < -0.3 is 24.8 Å². The number of hydrogen-bond donors (Lipinski definition) is 2. The summed E-state index contributed by atoms with van der Waals surface area (Å²) in [6.45, 7) is 3.65. The second kappa shape index (κ2) is 14.2. The third-order valence-corrected chi connectivity index (χ3v) is 5.76. The van der Waals surface area contributed by atoms with Crippen LogP contribution in [-0.4, -0.2) is 46.6 Å². The minimum absolute atomic E-state index is 0. The fourth-order valence-corrected chi connectivity index (χ4v) is 3.75. The van der Waals surface area contributed by atoms with Crippen LogP contribution < -0.4 is 24.8 Å². The molecule has 8 heteroatoms. The molecule has 1 unspecified atom stereocenters. The van der Waals surface area contributed by atoms with Crippen LogP contribution in [0.5, 0.6) is 17.2 Å². The van der Waals surface area contributed by atoms with Gasteiger partial charge in [-0.3, -0.25) is 4.99 Å². The van der Waals surface area contributed by atoms with Crippen LogP contribution in [0.4, 0.5) is 0 Å². The van der Waals surface area contributed by atoms with Crippen molar-refractivity contribution in [2.75, 3.05) is 40.7 Å². The van der Waals surface area contributed by atoms with Crippen molar-refractivity contribution in [1.82, 2.24) is 10.6 Å². The number of benzene rings is 2. The number of ether oxygens (including phenoxy) is 3. The van der Waals surface area contributed by atoms with E-state index in [0.29, 0.717) is 12.5 Å². The maximum Gasteiger partial charge on any atom is 0.191 e. The van der Waals surface area contributed by atoms with Crippen molar-refractivity contribution in [3.05, 3.63) is 48.0 Å². The van der Waals surface area contributed by atoms with Crippen molar-refractivity contribution < 1.29 is 14.2 Å². The summed E-state index contributed by atoms with van der Waals surface area (Å²) in [6, 6.07) is 13.9. The van der Waals surface area contributed by atoms with Crippen LogP contribution in [-0.2, 0) is 6.54 Å². The zero-order valence-electron chi connectivity index (χ0n) is 18.2. The molecule has 0 fully saturated rings. The number of methoxy groups -OCH3 is 3. The highest BCUT2D eigenvalue weighted by molar-refractivity contribution is 14.0. The first-order chi connectivity index (χ1) is 14.1. The van der Waals surface area contributed by atoms with Gasteiger partial charge in [0.15, 0.2) is 5.96 Å². The first-order valence-electron chi connectivity index (χ1n) is 9.52. The van der Waals surface area contributed by atoms with E-state index in [1.54, 1.807) is 40.1 Å². The van der Waals surface area contributed by atoms with Gasteiger partial charge in [-0.15, -0.1) is 35.7 Å². The van der Waals surface area contributed by atoms with E-state index >= 15 is 0 Å². The molecule has 30 heavy (non-hydrogen) atoms. The molecule has 0 bridgehead atoms. The molecule has 2 N–H and O–H groups in total. The van der Waals surface area contributed by atoms with Gasteiger partial charge >= 0.3 is 0 Å². The summed E-state index contributed by atoms with van der Waals surface area (Å²) in [5.41, 5.74) is 1.04. The van der Waals surface area contributed by atoms with Crippen LogP contribution in [0.1, 0.15) is 12.5 Å². The molecule has 6 nitrogen and oxygen atoms in total. The lowest BCUT2D eigenvalue weighted by Gasteiger charge is -2.17. The monoisotopic (exact) mass is 545 g/mol. The molecule has 1 atom stereocenters. The molecule has 0 aliphatic carbocycles. The van der Waals surface area contributed by atoms with E-state index in [1.165, 1.54) is 0 Å². The summed E-state index contributed by atoms with van der Waals surface area (Å²) in [4.78, 5) is 5.48. The number of nitrogens with one attached hydrogen (secondary N) is 2. The molecular formula is C22H32IN3O3S. The molecule has 0 aliphatic heterocycles. The summed E-state index contributed by atoms with van der Waals surface area (Å²) in [5, 5.41) is 6.73. The molecule has 166 valence electrons. The Morgan fingerprint density at radius 3 is 2.40 bits per heavy atom. The van der Waals surface area contributed by atoms with Gasteiger partial charge in [-0.25, -0.2) is 0 Å². The van der Waals surface area contributed by atoms with Crippen LogP contribution in [0.15, 0.2) is 52.4 Å². The highest BCUT2D eigenvalue weighted by Gasteiger charge is 2.09. The Hall–Kier alpha value is -1.81. The second-order valence-corrected chi connectivity index (χ2v) is 7.61. The van der Waals surface area contributed by atoms with Gasteiger partial charge in [0.1, 0.15) is 17.2 Å². The average Bonchev–Trinajstić information content (AvgIpc) is 2.77. The van der Waals surface area contributed by atoms with Crippen molar-refractivity contribution in [3.63, 3.8) is 0 Å². The zero-order chi connectivity index (χ0) is 21.1. The standard InChI is InChI=1S/C22H31N3O3S.HI/c1-16(15-29-21-9-7-6-8-19(21)27-4)13-24-22(23-2)25-14-17-10-11-18(26-3)12-20(17)28-5;/h6-12,16H,13-15H2,1-5H3,(H2,23,24,25);1H. The van der Waals surface area contributed by atoms with Crippen LogP contribution in [0.2, 0.25) is 0 Å². The van der Waals surface area contributed by atoms with E-state index in [-0.39, 0.29) is 24.0 Å². The van der Waals surface area contributed by atoms with E-state index in [9.17, 15) is 0 Å². The van der Waals surface area contributed by atoms with Crippen LogP contribution in [0.25, 0.3) is 0 Å². The fraction of sp³-hybridized carbons (Fsp3) is 0.409. The Morgan fingerprint density at radius 1 is 1.00 bits per heavy atom. The summed E-state index contributed by atoms with van der Waals surface area (Å²) < 4.78 is 16.1. The molecule has 0 aromatic heterocycles. The van der Waals surface area contributed by atoms with Gasteiger partial charge in [-0.2, -0.15) is 0 Å². The first-order valence-corrected chi connectivity index (χ1v) is 10.5. The smallest absolute Gasteiger partial charge is 0.191 e. The van der Waals surface area contributed by atoms with Crippen LogP contribution in [0, 0.1) is 5.92 Å². The van der Waals surface area contributed by atoms with Crippen molar-refractivity contribution in [1.29, 1.82) is 0 Å². The quantitative estimate of drug-likeness (QED) is 0.200. The average molecular weight is 545 g/mol. The molecule has 0 radical (unpaired) electrons. The Bertz CT molecular complexity index is 805. The molecule has 2 aromatic carbocycles. The predicted molar refractivity (Wildman–Crippen MR) is 136 cm³/mol. The van der Waals surface area contributed by atoms with Gasteiger partial charge in [-0.1, -0.05) is 19.1 Å². The van der Waals surface area contributed by atoms with Crippen molar-refractivity contribution >= 4 is 41.7 Å². The molecule has 0 saturated carbocycles. The molecule has 0 saturated heterocycles. The largest absolute Gasteiger partial charge is 0.497 e. The fourth-order valence-electron chi connectivity index (χ4n) is 2.70. The van der Waals surface area contributed by atoms with Gasteiger partial charge in [0.05, 0.1) is 21.3 Å². The number of thioether (sulfide) groups is 1. The van der Waals surface area contributed by atoms with Crippen LogP contribution in [0.3, 0.4) is 0 Å². The second-order valence-electron chi connectivity index (χ2n) is 6.55. The molecular weight excluding hydrogens is 513 g/mol. The highest BCUT2D eigenvalue weighted by Crippen LogP contribution is 2.30. The summed E-state index contributed by atoms with van der Waals surface area (Å²) in [5.74, 6) is 4.68. The number of nitrogens with zero attached hydrogens (tertiary/aromatic N) is 1. The molecule has 0 heterocycles. The van der Waals surface area contributed by atoms with E-state index in [0.717, 1.165) is 46.0 Å². The SMILES string of the molecule is CN=C(NCc1ccc(OC)cc1OC)NCC(C)CSc1ccccc1OC.I. The van der Waals surface area contributed by atoms with Crippen molar-refractivity contribution in [2.45, 2.75) is 18.4 Å². The van der Waals surface area contributed by atoms with Crippen LogP contribution >= 0.6 is 35.7 Å². The minimum atomic E-state index is 0. The third-order valence-electron chi connectivity index (χ3n) is 4.37. The van der Waals surface area contributed by atoms with E-state index < -0.39 is 0 Å². The third kappa shape index (κ3) is 8.14. The van der Waals surface area contributed by atoms with E-state index in [1.807, 2.05) is 36.4 Å². The zero-order valence-corrected chi connectivity index (χ0v) is 21.4. The van der Waals surface area contributed by atoms with E-state index in [2.05, 4.69) is 28.6 Å². The Kier molecular flexibility index (Phi) is 12.4. The maximum atomic E-state index is 5.45. The summed E-state index contributed by atoms with van der Waals surface area (Å²) >= 11 is 1.80. The summed E-state index contributed by atoms with van der Waals surface area (Å²) in [6.07, 6.45) is 0. The highest BCUT2D eigenvalue weighted by atomic mass is 127. The first kappa shape index (κ1) is 26.2. The molecule has 0 aliphatic rings. The Morgan fingerprint density at radius 2 is 1.73 bits per heavy atom. The number of aliphatic imine (C=N–C) groups is 1. The number of rotatable bonds is 10. The normalized spacial score (nSPS) is 11.8. The molecule has 0 amide bonds. The molecule has 0 spiro atoms. The lowest BCUT2D eigenvalue weighted by Crippen LogP contribution is -2.39. The predicted octanol–water partition coefficient (Wildman–Crippen LogP) is 4.42. The minimum Gasteiger partial charge on any atom is -0.497 e. The van der Waals surface area contributed by atoms with Gasteiger partial charge in [0.2, 0.25) is 0 Å². The summed E-state index contributed by atoms with van der Waals surface area (Å²) in [7, 11) is 6.78. The Labute approximate surface area is 201 Å². The van der Waals surface area contributed by atoms with Crippen molar-refractivity contribution in [2.24, 2.45) is 10.9 Å². The lowest BCUT2D eigenvalue weighted by atomic mass is 10.2. The van der Waals surface area contributed by atoms with Gasteiger partial charge in [0, 0.05) is 42.4 Å². The van der Waals surface area contributed by atoms with Gasteiger partial charge in [-0.05, 0) is 30.2 Å².